The predicted octanol–water partition coefficient (Wildman–Crippen LogP) is 1.89. The maximum Gasteiger partial charge on any atom is 0.0472 e. The van der Waals surface area contributed by atoms with Gasteiger partial charge < -0.3 is 0 Å². The fraction of sp³-hybridized carbons (Fsp3) is 0.500. The third-order valence-corrected chi connectivity index (χ3v) is 3.43. The van der Waals surface area contributed by atoms with E-state index in [9.17, 15) is 0 Å². The van der Waals surface area contributed by atoms with Crippen molar-refractivity contribution in [1.82, 2.24) is 0 Å². The highest BCUT2D eigenvalue weighted by Crippen LogP contribution is 2.34. The third kappa shape index (κ3) is 1.17. The maximum absolute atomic E-state index is 4.68. The average molecular weight is 186 g/mol. The molecule has 2 heteroatoms. The van der Waals surface area contributed by atoms with E-state index in [2.05, 4.69) is 34.3 Å². The highest BCUT2D eigenvalue weighted by molar-refractivity contribution is 5.99. The summed E-state index contributed by atoms with van der Waals surface area (Å²) in [5.74, 6) is 1.87. The van der Waals surface area contributed by atoms with Crippen molar-refractivity contribution in [3.8, 4) is 0 Å². The summed E-state index contributed by atoms with van der Waals surface area (Å²) in [5, 5.41) is 0. The zero-order valence-electron chi connectivity index (χ0n) is 8.13. The first kappa shape index (κ1) is 8.16. The monoisotopic (exact) mass is 186 g/mol. The number of rotatable bonds is 0. The molecule has 3 aliphatic rings. The van der Waals surface area contributed by atoms with Gasteiger partial charge in [-0.25, -0.2) is 0 Å². The van der Waals surface area contributed by atoms with E-state index in [-0.39, 0.29) is 0 Å². The first-order valence-corrected chi connectivity index (χ1v) is 5.31. The molecule has 0 aromatic carbocycles. The van der Waals surface area contributed by atoms with Gasteiger partial charge in [0.15, 0.2) is 0 Å². The third-order valence-electron chi connectivity index (χ3n) is 3.43. The van der Waals surface area contributed by atoms with Crippen molar-refractivity contribution in [3.05, 3.63) is 24.3 Å². The van der Waals surface area contributed by atoms with Crippen LogP contribution in [0.4, 0.5) is 0 Å². The lowest BCUT2D eigenvalue weighted by molar-refractivity contribution is 0.374. The molecule has 0 saturated carbocycles. The van der Waals surface area contributed by atoms with Crippen molar-refractivity contribution in [3.63, 3.8) is 0 Å². The normalized spacial score (nSPS) is 38.9. The molecule has 0 aromatic rings. The number of allylic oxidation sites excluding steroid dienone is 3. The Hall–Kier alpha value is -1.18. The molecule has 3 unspecified atom stereocenters. The quantitative estimate of drug-likeness (QED) is 0.552. The van der Waals surface area contributed by atoms with Crippen LogP contribution in [0.5, 0.6) is 0 Å². The Morgan fingerprint density at radius 3 is 3.07 bits per heavy atom. The molecular formula is C12H14N2. The largest absolute Gasteiger partial charge is 0.296 e. The molecule has 72 valence electrons. The number of nitrogens with zero attached hydrogens (tertiary/aromatic N) is 2. The zero-order valence-corrected chi connectivity index (χ0v) is 8.13. The lowest BCUT2D eigenvalue weighted by atomic mass is 9.73. The number of fused-ring (bicyclic) bond motifs is 3. The van der Waals surface area contributed by atoms with E-state index in [1.54, 1.807) is 0 Å². The van der Waals surface area contributed by atoms with Crippen LogP contribution in [0.25, 0.3) is 0 Å². The van der Waals surface area contributed by atoms with Crippen LogP contribution in [-0.2, 0) is 0 Å². The van der Waals surface area contributed by atoms with Gasteiger partial charge in [-0.05, 0) is 5.92 Å². The standard InChI is InChI=1S/C12H14N2/c1-2-4-10-9(3-1)7-14-12-5-6-13-8-11(10)12/h1-4,6,9-11H,5,7-8H2. The van der Waals surface area contributed by atoms with Gasteiger partial charge in [0.1, 0.15) is 0 Å². The minimum atomic E-state index is 0.583. The van der Waals surface area contributed by atoms with Gasteiger partial charge in [0.2, 0.25) is 0 Å². The molecule has 3 atom stereocenters. The molecule has 2 nitrogen and oxygen atoms in total. The highest BCUT2D eigenvalue weighted by Gasteiger charge is 2.34. The summed E-state index contributed by atoms with van der Waals surface area (Å²) in [5.41, 5.74) is 1.38. The van der Waals surface area contributed by atoms with E-state index in [1.165, 1.54) is 5.71 Å². The molecule has 0 amide bonds. The molecule has 0 fully saturated rings. The van der Waals surface area contributed by atoms with Crippen LogP contribution in [-0.4, -0.2) is 25.0 Å². The van der Waals surface area contributed by atoms with Crippen LogP contribution in [0.1, 0.15) is 6.42 Å². The topological polar surface area (TPSA) is 24.7 Å². The van der Waals surface area contributed by atoms with Crippen molar-refractivity contribution >= 4 is 11.9 Å². The second-order valence-electron chi connectivity index (χ2n) is 4.20. The SMILES string of the molecule is C1=CC2CN=C3CC=NCC3C2C=C1. The van der Waals surface area contributed by atoms with E-state index in [4.69, 9.17) is 0 Å². The number of hydrogen-bond donors (Lipinski definition) is 0. The molecule has 2 aliphatic heterocycles. The summed E-state index contributed by atoms with van der Waals surface area (Å²) >= 11 is 0. The summed E-state index contributed by atoms with van der Waals surface area (Å²) in [6.45, 7) is 1.92. The van der Waals surface area contributed by atoms with Gasteiger partial charge in [0, 0.05) is 43.3 Å². The molecule has 0 bridgehead atoms. The molecule has 0 radical (unpaired) electrons. The number of hydrogen-bond acceptors (Lipinski definition) is 2. The molecule has 0 N–H and O–H groups in total. The summed E-state index contributed by atoms with van der Waals surface area (Å²) < 4.78 is 0. The van der Waals surface area contributed by atoms with E-state index < -0.39 is 0 Å². The highest BCUT2D eigenvalue weighted by atomic mass is 14.8. The fourth-order valence-corrected chi connectivity index (χ4v) is 2.64. The Bertz CT molecular complexity index is 349. The molecular weight excluding hydrogens is 172 g/mol. The van der Waals surface area contributed by atoms with Crippen LogP contribution in [0.15, 0.2) is 34.3 Å². The Labute approximate surface area is 84.1 Å². The Balaban J connectivity index is 1.95. The fourth-order valence-electron chi connectivity index (χ4n) is 2.64. The van der Waals surface area contributed by atoms with E-state index in [0.717, 1.165) is 19.5 Å². The lowest BCUT2D eigenvalue weighted by Gasteiger charge is -2.36. The lowest BCUT2D eigenvalue weighted by Crippen LogP contribution is -2.38. The maximum atomic E-state index is 4.68. The van der Waals surface area contributed by atoms with E-state index in [0.29, 0.717) is 17.8 Å². The van der Waals surface area contributed by atoms with E-state index >= 15 is 0 Å². The van der Waals surface area contributed by atoms with Crippen molar-refractivity contribution in [2.45, 2.75) is 6.42 Å². The molecule has 3 rings (SSSR count). The second kappa shape index (κ2) is 3.19. The zero-order chi connectivity index (χ0) is 9.38. The minimum absolute atomic E-state index is 0.583. The summed E-state index contributed by atoms with van der Waals surface area (Å²) in [7, 11) is 0. The van der Waals surface area contributed by atoms with Gasteiger partial charge in [-0.15, -0.1) is 0 Å². The van der Waals surface area contributed by atoms with Crippen molar-refractivity contribution in [2.24, 2.45) is 27.7 Å². The van der Waals surface area contributed by atoms with Crippen LogP contribution in [0, 0.1) is 17.8 Å². The molecule has 1 aliphatic carbocycles. The van der Waals surface area contributed by atoms with Crippen LogP contribution in [0.2, 0.25) is 0 Å². The predicted molar refractivity (Wildman–Crippen MR) is 59.0 cm³/mol. The average Bonchev–Trinajstić information content (AvgIpc) is 2.29. The molecule has 0 aromatic heterocycles. The van der Waals surface area contributed by atoms with Gasteiger partial charge in [-0.1, -0.05) is 24.3 Å². The first-order chi connectivity index (χ1) is 6.95. The minimum Gasteiger partial charge on any atom is -0.296 e. The van der Waals surface area contributed by atoms with Crippen molar-refractivity contribution in [1.29, 1.82) is 0 Å². The number of aliphatic imine (C=N–C) groups is 2. The van der Waals surface area contributed by atoms with Gasteiger partial charge in [0.05, 0.1) is 0 Å². The first-order valence-electron chi connectivity index (χ1n) is 5.31. The van der Waals surface area contributed by atoms with Crippen LogP contribution >= 0.6 is 0 Å². The summed E-state index contributed by atoms with van der Waals surface area (Å²) in [6, 6.07) is 0. The van der Waals surface area contributed by atoms with Gasteiger partial charge >= 0.3 is 0 Å². The van der Waals surface area contributed by atoms with Crippen molar-refractivity contribution in [2.75, 3.05) is 13.1 Å². The molecule has 0 spiro atoms. The second-order valence-corrected chi connectivity index (χ2v) is 4.20. The Morgan fingerprint density at radius 2 is 2.07 bits per heavy atom. The van der Waals surface area contributed by atoms with Gasteiger partial charge in [0.25, 0.3) is 0 Å². The van der Waals surface area contributed by atoms with Crippen molar-refractivity contribution < 1.29 is 0 Å². The van der Waals surface area contributed by atoms with Crippen LogP contribution in [0.3, 0.4) is 0 Å². The van der Waals surface area contributed by atoms with Gasteiger partial charge in [-0.3, -0.25) is 9.98 Å². The summed E-state index contributed by atoms with van der Waals surface area (Å²) in [4.78, 5) is 9.06. The molecule has 14 heavy (non-hydrogen) atoms. The van der Waals surface area contributed by atoms with Crippen LogP contribution < -0.4 is 0 Å². The van der Waals surface area contributed by atoms with E-state index in [1.807, 2.05) is 6.21 Å². The smallest absolute Gasteiger partial charge is 0.0472 e. The Morgan fingerprint density at radius 1 is 1.14 bits per heavy atom. The summed E-state index contributed by atoms with van der Waals surface area (Å²) in [6.07, 6.45) is 11.9. The molecule has 2 heterocycles. The van der Waals surface area contributed by atoms with Gasteiger partial charge in [-0.2, -0.15) is 0 Å². The molecule has 0 saturated heterocycles. The Kier molecular flexibility index (Phi) is 1.86.